The summed E-state index contributed by atoms with van der Waals surface area (Å²) in [4.78, 5) is 14.2. The van der Waals surface area contributed by atoms with E-state index in [-0.39, 0.29) is 11.9 Å². The van der Waals surface area contributed by atoms with Crippen LogP contribution in [0.3, 0.4) is 0 Å². The molecule has 0 radical (unpaired) electrons. The van der Waals surface area contributed by atoms with E-state index in [1.165, 1.54) is 21.3 Å². The van der Waals surface area contributed by atoms with Crippen molar-refractivity contribution in [3.63, 3.8) is 0 Å². The molecule has 7 heteroatoms. The first-order chi connectivity index (χ1) is 13.0. The van der Waals surface area contributed by atoms with Gasteiger partial charge in [0.05, 0.1) is 45.2 Å². The molecular formula is C20H20ClNO5. The minimum absolute atomic E-state index is 0.179. The zero-order valence-electron chi connectivity index (χ0n) is 15.5. The van der Waals surface area contributed by atoms with Gasteiger partial charge in [0.2, 0.25) is 5.75 Å². The SMILES string of the molecule is C=C1C(=O)N(c2cc(OC)c(OC)c(OC)c2)[C@H]1c1ccc(OC)c(Cl)c1. The molecule has 0 spiro atoms. The van der Waals surface area contributed by atoms with Crippen LogP contribution in [0.15, 0.2) is 42.5 Å². The second-order valence-corrected chi connectivity index (χ2v) is 6.29. The van der Waals surface area contributed by atoms with E-state index in [1.807, 2.05) is 6.07 Å². The summed E-state index contributed by atoms with van der Waals surface area (Å²) in [5.41, 5.74) is 1.92. The number of halogens is 1. The van der Waals surface area contributed by atoms with Gasteiger partial charge in [-0.15, -0.1) is 0 Å². The first-order valence-electron chi connectivity index (χ1n) is 8.12. The molecule has 0 N–H and O–H groups in total. The Morgan fingerprint density at radius 2 is 1.52 bits per heavy atom. The first-order valence-corrected chi connectivity index (χ1v) is 8.50. The van der Waals surface area contributed by atoms with Crippen molar-refractivity contribution in [2.75, 3.05) is 33.3 Å². The number of benzene rings is 2. The van der Waals surface area contributed by atoms with Crippen LogP contribution in [-0.4, -0.2) is 34.3 Å². The number of nitrogens with zero attached hydrogens (tertiary/aromatic N) is 1. The van der Waals surface area contributed by atoms with E-state index >= 15 is 0 Å². The van der Waals surface area contributed by atoms with Crippen molar-refractivity contribution < 1.29 is 23.7 Å². The fourth-order valence-electron chi connectivity index (χ4n) is 3.15. The normalized spacial score (nSPS) is 16.0. The van der Waals surface area contributed by atoms with Crippen molar-refractivity contribution in [2.45, 2.75) is 6.04 Å². The average molecular weight is 390 g/mol. The number of β-lactam (4-membered cyclic amide) rings is 1. The molecular weight excluding hydrogens is 370 g/mol. The Balaban J connectivity index is 2.06. The topological polar surface area (TPSA) is 57.2 Å². The molecule has 1 aliphatic heterocycles. The molecule has 0 unspecified atom stereocenters. The number of ether oxygens (including phenoxy) is 4. The van der Waals surface area contributed by atoms with Gasteiger partial charge in [-0.3, -0.25) is 9.69 Å². The number of carbonyl (C=O) groups is 1. The van der Waals surface area contributed by atoms with E-state index in [2.05, 4.69) is 6.58 Å². The molecule has 1 saturated heterocycles. The third kappa shape index (κ3) is 3.06. The summed E-state index contributed by atoms with van der Waals surface area (Å²) >= 11 is 6.25. The van der Waals surface area contributed by atoms with Crippen molar-refractivity contribution in [3.8, 4) is 23.0 Å². The van der Waals surface area contributed by atoms with E-state index in [1.54, 1.807) is 36.3 Å². The van der Waals surface area contributed by atoms with Crippen LogP contribution in [0, 0.1) is 0 Å². The highest BCUT2D eigenvalue weighted by atomic mass is 35.5. The number of amides is 1. The van der Waals surface area contributed by atoms with Crippen molar-refractivity contribution in [1.82, 2.24) is 0 Å². The molecule has 1 fully saturated rings. The Kier molecular flexibility index (Phi) is 5.19. The lowest BCUT2D eigenvalue weighted by Gasteiger charge is -2.42. The molecule has 1 heterocycles. The smallest absolute Gasteiger partial charge is 0.256 e. The van der Waals surface area contributed by atoms with Gasteiger partial charge in [-0.1, -0.05) is 24.2 Å². The fourth-order valence-corrected chi connectivity index (χ4v) is 3.42. The monoisotopic (exact) mass is 389 g/mol. The van der Waals surface area contributed by atoms with Crippen LogP contribution in [0.5, 0.6) is 23.0 Å². The van der Waals surface area contributed by atoms with Gasteiger partial charge >= 0.3 is 0 Å². The van der Waals surface area contributed by atoms with Gasteiger partial charge in [-0.05, 0) is 17.7 Å². The molecule has 1 atom stereocenters. The van der Waals surface area contributed by atoms with E-state index in [4.69, 9.17) is 30.5 Å². The van der Waals surface area contributed by atoms with E-state index in [0.29, 0.717) is 39.3 Å². The predicted molar refractivity (Wildman–Crippen MR) is 103 cm³/mol. The minimum Gasteiger partial charge on any atom is -0.495 e. The zero-order chi connectivity index (χ0) is 19.7. The highest BCUT2D eigenvalue weighted by Gasteiger charge is 2.43. The van der Waals surface area contributed by atoms with Crippen molar-refractivity contribution in [3.05, 3.63) is 53.1 Å². The highest BCUT2D eigenvalue weighted by Crippen LogP contribution is 2.48. The molecule has 1 aliphatic rings. The highest BCUT2D eigenvalue weighted by molar-refractivity contribution is 6.32. The third-order valence-electron chi connectivity index (χ3n) is 4.50. The Morgan fingerprint density at radius 1 is 0.926 bits per heavy atom. The summed E-state index contributed by atoms with van der Waals surface area (Å²) in [6.45, 7) is 3.91. The van der Waals surface area contributed by atoms with Crippen LogP contribution >= 0.6 is 11.6 Å². The Bertz CT molecular complexity index is 886. The van der Waals surface area contributed by atoms with Gasteiger partial charge in [-0.2, -0.15) is 0 Å². The van der Waals surface area contributed by atoms with Crippen molar-refractivity contribution >= 4 is 23.2 Å². The Hall–Kier alpha value is -2.86. The molecule has 142 valence electrons. The fraction of sp³-hybridized carbons (Fsp3) is 0.250. The largest absolute Gasteiger partial charge is 0.495 e. The number of hydrogen-bond acceptors (Lipinski definition) is 5. The molecule has 0 saturated carbocycles. The van der Waals surface area contributed by atoms with E-state index in [9.17, 15) is 4.79 Å². The van der Waals surface area contributed by atoms with Crippen LogP contribution in [-0.2, 0) is 4.79 Å². The molecule has 27 heavy (non-hydrogen) atoms. The van der Waals surface area contributed by atoms with Gasteiger partial charge in [0, 0.05) is 17.7 Å². The maximum absolute atomic E-state index is 12.6. The molecule has 0 aromatic heterocycles. The van der Waals surface area contributed by atoms with Gasteiger partial charge in [0.1, 0.15) is 5.75 Å². The average Bonchev–Trinajstić information content (AvgIpc) is 2.69. The molecule has 1 amide bonds. The lowest BCUT2D eigenvalue weighted by Crippen LogP contribution is -2.48. The van der Waals surface area contributed by atoms with Crippen molar-refractivity contribution in [1.29, 1.82) is 0 Å². The second-order valence-electron chi connectivity index (χ2n) is 5.88. The summed E-state index contributed by atoms with van der Waals surface area (Å²) in [5.74, 6) is 1.77. The van der Waals surface area contributed by atoms with Crippen LogP contribution in [0.2, 0.25) is 5.02 Å². The summed E-state index contributed by atoms with van der Waals surface area (Å²) in [6.07, 6.45) is 0. The number of rotatable bonds is 6. The Labute approximate surface area is 162 Å². The summed E-state index contributed by atoms with van der Waals surface area (Å²) in [6, 6.07) is 8.50. The van der Waals surface area contributed by atoms with Crippen molar-refractivity contribution in [2.24, 2.45) is 0 Å². The molecule has 2 aromatic rings. The zero-order valence-corrected chi connectivity index (χ0v) is 16.3. The van der Waals surface area contributed by atoms with Crippen LogP contribution in [0.1, 0.15) is 11.6 Å². The lowest BCUT2D eigenvalue weighted by atomic mass is 9.88. The molecule has 0 aliphatic carbocycles. The minimum atomic E-state index is -0.344. The number of hydrogen-bond donors (Lipinski definition) is 0. The van der Waals surface area contributed by atoms with Gasteiger partial charge in [-0.25, -0.2) is 0 Å². The van der Waals surface area contributed by atoms with Crippen LogP contribution in [0.25, 0.3) is 0 Å². The number of methoxy groups -OCH3 is 4. The summed E-state index contributed by atoms with van der Waals surface area (Å²) in [5, 5.41) is 0.465. The molecule has 3 rings (SSSR count). The first kappa shape index (κ1) is 18.9. The third-order valence-corrected chi connectivity index (χ3v) is 4.80. The molecule has 2 aromatic carbocycles. The van der Waals surface area contributed by atoms with Gasteiger partial charge < -0.3 is 18.9 Å². The lowest BCUT2D eigenvalue weighted by molar-refractivity contribution is -0.118. The number of carbonyl (C=O) groups excluding carboxylic acids is 1. The molecule has 0 bridgehead atoms. The standard InChI is InChI=1S/C20H20ClNO5/c1-11-18(12-6-7-15(24-2)14(21)8-12)22(20(11)23)13-9-16(25-3)19(27-5)17(10-13)26-4/h6-10,18H,1H2,2-5H3/t18-/m1/s1. The van der Waals surface area contributed by atoms with Gasteiger partial charge in [0.25, 0.3) is 5.91 Å². The Morgan fingerprint density at radius 3 is 2.00 bits per heavy atom. The second kappa shape index (κ2) is 7.40. The van der Waals surface area contributed by atoms with E-state index < -0.39 is 0 Å². The summed E-state index contributed by atoms with van der Waals surface area (Å²) in [7, 11) is 6.13. The predicted octanol–water partition coefficient (Wildman–Crippen LogP) is 4.02. The maximum Gasteiger partial charge on any atom is 0.256 e. The van der Waals surface area contributed by atoms with E-state index in [0.717, 1.165) is 5.56 Å². The molecule has 6 nitrogen and oxygen atoms in total. The van der Waals surface area contributed by atoms with Gasteiger partial charge in [0.15, 0.2) is 11.5 Å². The maximum atomic E-state index is 12.6. The number of anilines is 1. The summed E-state index contributed by atoms with van der Waals surface area (Å²) < 4.78 is 21.3. The quantitative estimate of drug-likeness (QED) is 0.551. The van der Waals surface area contributed by atoms with Crippen LogP contribution in [0.4, 0.5) is 5.69 Å². The van der Waals surface area contributed by atoms with Crippen LogP contribution < -0.4 is 23.8 Å².